The SMILES string of the molecule is CC1=C(N2C=NCN2C=Nc2ccccc2)SOC=C1. The standard InChI is InChI=1S/C14H14N4OS/c1-12-7-8-19-20-14(12)18-10-15-9-17(18)11-16-13-5-3-2-4-6-13/h2-8,10-11H,9H2,1H3. The summed E-state index contributed by atoms with van der Waals surface area (Å²) in [5.41, 5.74) is 2.05. The molecular weight excluding hydrogens is 272 g/mol. The van der Waals surface area contributed by atoms with Gasteiger partial charge in [-0.2, -0.15) is 0 Å². The van der Waals surface area contributed by atoms with Crippen LogP contribution in [0.5, 0.6) is 0 Å². The molecule has 0 unspecified atom stereocenters. The highest BCUT2D eigenvalue weighted by atomic mass is 32.2. The lowest BCUT2D eigenvalue weighted by Gasteiger charge is -2.28. The third kappa shape index (κ3) is 2.70. The Morgan fingerprint density at radius 1 is 1.35 bits per heavy atom. The summed E-state index contributed by atoms with van der Waals surface area (Å²) < 4.78 is 5.28. The zero-order valence-electron chi connectivity index (χ0n) is 11.0. The second-order valence-corrected chi connectivity index (χ2v) is 5.02. The highest BCUT2D eigenvalue weighted by Gasteiger charge is 2.23. The molecular formula is C14H14N4OS. The Kier molecular flexibility index (Phi) is 3.73. The van der Waals surface area contributed by atoms with E-state index in [1.807, 2.05) is 53.3 Å². The van der Waals surface area contributed by atoms with Gasteiger partial charge in [0.1, 0.15) is 42.7 Å². The van der Waals surface area contributed by atoms with Crippen LogP contribution in [0.15, 0.2) is 63.3 Å². The van der Waals surface area contributed by atoms with Crippen molar-refractivity contribution in [3.63, 3.8) is 0 Å². The fourth-order valence-corrected chi connectivity index (χ4v) is 2.43. The fourth-order valence-electron chi connectivity index (χ4n) is 1.80. The number of benzene rings is 1. The van der Waals surface area contributed by atoms with E-state index < -0.39 is 0 Å². The molecule has 2 heterocycles. The Morgan fingerprint density at radius 3 is 3.00 bits per heavy atom. The summed E-state index contributed by atoms with van der Waals surface area (Å²) in [6, 6.07) is 9.83. The van der Waals surface area contributed by atoms with Crippen LogP contribution < -0.4 is 0 Å². The second kappa shape index (κ2) is 5.83. The first-order valence-corrected chi connectivity index (χ1v) is 6.94. The van der Waals surface area contributed by atoms with Crippen molar-refractivity contribution in [3.8, 4) is 0 Å². The minimum Gasteiger partial charge on any atom is -0.427 e. The van der Waals surface area contributed by atoms with Gasteiger partial charge >= 0.3 is 0 Å². The minimum atomic E-state index is 0.553. The second-order valence-electron chi connectivity index (χ2n) is 4.27. The molecule has 1 aromatic carbocycles. The molecule has 0 fully saturated rings. The van der Waals surface area contributed by atoms with Crippen LogP contribution in [0.25, 0.3) is 0 Å². The molecule has 2 aliphatic heterocycles. The highest BCUT2D eigenvalue weighted by molar-refractivity contribution is 7.98. The Labute approximate surface area is 122 Å². The minimum absolute atomic E-state index is 0.553. The number of hydrogen-bond donors (Lipinski definition) is 0. The van der Waals surface area contributed by atoms with Gasteiger partial charge in [0.25, 0.3) is 0 Å². The van der Waals surface area contributed by atoms with Crippen molar-refractivity contribution < 1.29 is 4.18 Å². The first-order chi connectivity index (χ1) is 9.84. The largest absolute Gasteiger partial charge is 0.427 e. The molecule has 0 bridgehead atoms. The molecule has 1 aromatic rings. The third-order valence-corrected chi connectivity index (χ3v) is 3.71. The molecule has 0 N–H and O–H groups in total. The van der Waals surface area contributed by atoms with E-state index in [2.05, 4.69) is 9.98 Å². The predicted molar refractivity (Wildman–Crippen MR) is 82.1 cm³/mol. The van der Waals surface area contributed by atoms with Crippen LogP contribution in [0, 0.1) is 0 Å². The first-order valence-electron chi connectivity index (χ1n) is 6.20. The van der Waals surface area contributed by atoms with Crippen molar-refractivity contribution in [1.29, 1.82) is 0 Å². The molecule has 0 saturated carbocycles. The van der Waals surface area contributed by atoms with E-state index in [1.165, 1.54) is 12.0 Å². The molecule has 2 aliphatic rings. The van der Waals surface area contributed by atoms with Gasteiger partial charge in [-0.1, -0.05) is 18.2 Å². The van der Waals surface area contributed by atoms with Crippen LogP contribution in [0.4, 0.5) is 5.69 Å². The van der Waals surface area contributed by atoms with Crippen LogP contribution >= 0.6 is 12.0 Å². The summed E-state index contributed by atoms with van der Waals surface area (Å²) in [5.74, 6) is 0. The van der Waals surface area contributed by atoms with Crippen molar-refractivity contribution in [2.45, 2.75) is 6.92 Å². The van der Waals surface area contributed by atoms with Gasteiger partial charge in [0.15, 0.2) is 0 Å². The van der Waals surface area contributed by atoms with Gasteiger partial charge in [0.05, 0.1) is 5.69 Å². The Balaban J connectivity index is 1.77. The van der Waals surface area contributed by atoms with Crippen molar-refractivity contribution in [1.82, 2.24) is 10.0 Å². The van der Waals surface area contributed by atoms with E-state index in [-0.39, 0.29) is 0 Å². The van der Waals surface area contributed by atoms with Gasteiger partial charge in [-0.3, -0.25) is 4.99 Å². The van der Waals surface area contributed by atoms with Crippen molar-refractivity contribution in [2.24, 2.45) is 9.98 Å². The lowest BCUT2D eigenvalue weighted by molar-refractivity contribution is 0.232. The van der Waals surface area contributed by atoms with E-state index in [0.717, 1.165) is 16.3 Å². The smallest absolute Gasteiger partial charge is 0.140 e. The number of nitrogens with zero attached hydrogens (tertiary/aromatic N) is 4. The molecule has 0 atom stereocenters. The molecule has 102 valence electrons. The van der Waals surface area contributed by atoms with E-state index in [9.17, 15) is 0 Å². The van der Waals surface area contributed by atoms with Crippen LogP contribution in [0.1, 0.15) is 6.92 Å². The van der Waals surface area contributed by atoms with Gasteiger partial charge in [-0.05, 0) is 30.7 Å². The van der Waals surface area contributed by atoms with Gasteiger partial charge in [0, 0.05) is 0 Å². The average Bonchev–Trinajstić information content (AvgIpc) is 2.95. The monoisotopic (exact) mass is 286 g/mol. The van der Waals surface area contributed by atoms with Gasteiger partial charge in [0.2, 0.25) is 0 Å². The zero-order chi connectivity index (χ0) is 13.8. The number of para-hydroxylation sites is 1. The quantitative estimate of drug-likeness (QED) is 0.486. The summed E-state index contributed by atoms with van der Waals surface area (Å²) in [6.45, 7) is 2.59. The number of rotatable bonds is 3. The molecule has 0 saturated heterocycles. The summed E-state index contributed by atoms with van der Waals surface area (Å²) in [5, 5.41) is 4.87. The normalized spacial score (nSPS) is 18.2. The van der Waals surface area contributed by atoms with Gasteiger partial charge < -0.3 is 4.18 Å². The lowest BCUT2D eigenvalue weighted by Crippen LogP contribution is -2.35. The summed E-state index contributed by atoms with van der Waals surface area (Å²) >= 11 is 1.32. The molecule has 0 aliphatic carbocycles. The van der Waals surface area contributed by atoms with E-state index in [4.69, 9.17) is 4.18 Å². The molecule has 0 radical (unpaired) electrons. The molecule has 6 heteroatoms. The molecule has 0 aromatic heterocycles. The van der Waals surface area contributed by atoms with Crippen LogP contribution in [0.2, 0.25) is 0 Å². The maximum absolute atomic E-state index is 5.28. The number of hydrazine groups is 1. The Bertz CT molecular complexity index is 594. The lowest BCUT2D eigenvalue weighted by atomic mass is 10.3. The highest BCUT2D eigenvalue weighted by Crippen LogP contribution is 2.30. The van der Waals surface area contributed by atoms with Gasteiger partial charge in [-0.15, -0.1) is 0 Å². The number of aliphatic imine (C=N–C) groups is 2. The molecule has 3 rings (SSSR count). The Hall–Kier alpha value is -2.21. The van der Waals surface area contributed by atoms with Crippen LogP contribution in [-0.2, 0) is 4.18 Å². The molecule has 0 spiro atoms. The number of allylic oxidation sites excluding steroid dienone is 2. The van der Waals surface area contributed by atoms with E-state index in [1.54, 1.807) is 18.9 Å². The van der Waals surface area contributed by atoms with Crippen molar-refractivity contribution in [2.75, 3.05) is 6.67 Å². The van der Waals surface area contributed by atoms with E-state index in [0.29, 0.717) is 6.67 Å². The molecule has 5 nitrogen and oxygen atoms in total. The first kappa shape index (κ1) is 12.8. The summed E-state index contributed by atoms with van der Waals surface area (Å²) in [4.78, 5) is 8.72. The number of hydrogen-bond acceptors (Lipinski definition) is 5. The third-order valence-electron chi connectivity index (χ3n) is 2.84. The fraction of sp³-hybridized carbons (Fsp3) is 0.143. The maximum Gasteiger partial charge on any atom is 0.140 e. The van der Waals surface area contributed by atoms with E-state index >= 15 is 0 Å². The average molecular weight is 286 g/mol. The summed E-state index contributed by atoms with van der Waals surface area (Å²) in [6.07, 6.45) is 7.18. The Morgan fingerprint density at radius 2 is 2.20 bits per heavy atom. The van der Waals surface area contributed by atoms with Crippen LogP contribution in [-0.4, -0.2) is 29.4 Å². The summed E-state index contributed by atoms with van der Waals surface area (Å²) in [7, 11) is 0. The van der Waals surface area contributed by atoms with Crippen LogP contribution in [0.3, 0.4) is 0 Å². The van der Waals surface area contributed by atoms with Gasteiger partial charge in [-0.25, -0.2) is 15.0 Å². The van der Waals surface area contributed by atoms with Crippen molar-refractivity contribution in [3.05, 3.63) is 53.3 Å². The van der Waals surface area contributed by atoms with Crippen molar-refractivity contribution >= 4 is 30.4 Å². The zero-order valence-corrected chi connectivity index (χ0v) is 11.8. The maximum atomic E-state index is 5.28. The molecule has 0 amide bonds. The topological polar surface area (TPSA) is 40.4 Å². The molecule has 20 heavy (non-hydrogen) atoms. The predicted octanol–water partition coefficient (Wildman–Crippen LogP) is 3.29.